The van der Waals surface area contributed by atoms with Crippen LogP contribution in [0.25, 0.3) is 33.0 Å². The molecule has 1 unspecified atom stereocenters. The number of amides is 3. The van der Waals surface area contributed by atoms with Crippen molar-refractivity contribution in [3.8, 4) is 0 Å². The van der Waals surface area contributed by atoms with Crippen molar-refractivity contribution in [3.63, 3.8) is 0 Å². The van der Waals surface area contributed by atoms with Gasteiger partial charge in [0.05, 0.1) is 23.5 Å². The SMILES string of the molecule is CC(N)C(=O)N1CCC(n2cc(C3=C(c4cccc5ccoc45)C(=O)NC3=O)c3ccccc32)CC1. The number of furan rings is 1. The van der Waals surface area contributed by atoms with Crippen molar-refractivity contribution in [2.45, 2.75) is 31.8 Å². The van der Waals surface area contributed by atoms with Gasteiger partial charge in [-0.05, 0) is 31.9 Å². The fourth-order valence-electron chi connectivity index (χ4n) is 5.52. The maximum absolute atomic E-state index is 13.2. The van der Waals surface area contributed by atoms with Gasteiger partial charge in [0.2, 0.25) is 5.91 Å². The third-order valence-corrected chi connectivity index (χ3v) is 7.25. The van der Waals surface area contributed by atoms with E-state index in [2.05, 4.69) is 9.88 Å². The number of hydrogen-bond acceptors (Lipinski definition) is 5. The number of fused-ring (bicyclic) bond motifs is 2. The van der Waals surface area contributed by atoms with Gasteiger partial charge in [-0.25, -0.2) is 0 Å². The van der Waals surface area contributed by atoms with Gasteiger partial charge in [0.15, 0.2) is 0 Å². The zero-order valence-corrected chi connectivity index (χ0v) is 19.9. The first kappa shape index (κ1) is 22.3. The van der Waals surface area contributed by atoms with E-state index in [1.165, 1.54) is 0 Å². The van der Waals surface area contributed by atoms with Crippen LogP contribution in [-0.4, -0.2) is 46.3 Å². The molecule has 3 N–H and O–H groups in total. The van der Waals surface area contributed by atoms with Crippen LogP contribution in [-0.2, 0) is 14.4 Å². The second-order valence-corrected chi connectivity index (χ2v) is 9.49. The highest BCUT2D eigenvalue weighted by atomic mass is 16.3. The van der Waals surface area contributed by atoms with Crippen LogP contribution in [0.15, 0.2) is 65.4 Å². The number of nitrogens with zero attached hydrogens (tertiary/aromatic N) is 2. The van der Waals surface area contributed by atoms with Crippen molar-refractivity contribution in [2.75, 3.05) is 13.1 Å². The van der Waals surface area contributed by atoms with E-state index in [0.29, 0.717) is 40.9 Å². The Hall–Kier alpha value is -4.17. The summed E-state index contributed by atoms with van der Waals surface area (Å²) in [6, 6.07) is 15.0. The van der Waals surface area contributed by atoms with Gasteiger partial charge in [-0.2, -0.15) is 0 Å². The molecule has 2 aromatic heterocycles. The Kier molecular flexibility index (Phi) is 5.26. The van der Waals surface area contributed by atoms with E-state index in [1.807, 2.05) is 59.6 Å². The molecule has 1 atom stereocenters. The number of carbonyl (C=O) groups is 3. The van der Waals surface area contributed by atoms with Crippen LogP contribution in [0.2, 0.25) is 0 Å². The first-order valence-electron chi connectivity index (χ1n) is 12.1. The molecule has 0 bridgehead atoms. The Morgan fingerprint density at radius 2 is 1.72 bits per heavy atom. The lowest BCUT2D eigenvalue weighted by Crippen LogP contribution is -2.46. The van der Waals surface area contributed by atoms with Gasteiger partial charge in [-0.3, -0.25) is 19.7 Å². The van der Waals surface area contributed by atoms with Crippen molar-refractivity contribution < 1.29 is 18.8 Å². The average molecular weight is 483 g/mol. The van der Waals surface area contributed by atoms with Crippen LogP contribution in [0.1, 0.15) is 36.9 Å². The Morgan fingerprint density at radius 1 is 1.00 bits per heavy atom. The van der Waals surface area contributed by atoms with Crippen LogP contribution in [0.4, 0.5) is 0 Å². The summed E-state index contributed by atoms with van der Waals surface area (Å²) < 4.78 is 7.88. The standard InChI is InChI=1S/C28H26N4O4/c1-16(29)28(35)31-12-9-18(10-13-31)32-15-21(19-6-2-3-8-22(19)32)24-23(26(33)30-27(24)34)20-7-4-5-17-11-14-36-25(17)20/h2-8,11,14-16,18H,9-10,12-13,29H2,1H3,(H,30,33,34). The lowest BCUT2D eigenvalue weighted by atomic mass is 9.95. The number of piperidine rings is 1. The van der Waals surface area contributed by atoms with E-state index >= 15 is 0 Å². The maximum Gasteiger partial charge on any atom is 0.259 e. The van der Waals surface area contributed by atoms with Crippen molar-refractivity contribution in [3.05, 3.63) is 72.1 Å². The molecule has 3 amide bonds. The molecule has 0 spiro atoms. The highest BCUT2D eigenvalue weighted by molar-refractivity contribution is 6.50. The first-order chi connectivity index (χ1) is 17.4. The largest absolute Gasteiger partial charge is 0.464 e. The molecule has 4 aromatic rings. The Bertz CT molecular complexity index is 1570. The second-order valence-electron chi connectivity index (χ2n) is 9.49. The van der Waals surface area contributed by atoms with Crippen molar-refractivity contribution in [1.29, 1.82) is 0 Å². The third-order valence-electron chi connectivity index (χ3n) is 7.25. The summed E-state index contributed by atoms with van der Waals surface area (Å²) in [5, 5.41) is 4.26. The van der Waals surface area contributed by atoms with Crippen LogP contribution in [0, 0.1) is 0 Å². The summed E-state index contributed by atoms with van der Waals surface area (Å²) in [6.07, 6.45) is 5.12. The zero-order chi connectivity index (χ0) is 25.0. The summed E-state index contributed by atoms with van der Waals surface area (Å²) in [5.74, 6) is -0.883. The van der Waals surface area contributed by atoms with Crippen LogP contribution in [0.3, 0.4) is 0 Å². The Labute approximate surface area is 207 Å². The minimum absolute atomic E-state index is 0.0328. The number of nitrogens with one attached hydrogen (secondary N) is 1. The van der Waals surface area contributed by atoms with E-state index in [-0.39, 0.29) is 11.9 Å². The van der Waals surface area contributed by atoms with E-state index in [1.54, 1.807) is 13.2 Å². The molecule has 1 fully saturated rings. The quantitative estimate of drug-likeness (QED) is 0.433. The summed E-state index contributed by atoms with van der Waals surface area (Å²) in [4.78, 5) is 40.4. The van der Waals surface area contributed by atoms with Gasteiger partial charge in [0, 0.05) is 52.7 Å². The molecule has 0 radical (unpaired) electrons. The molecule has 2 aliphatic rings. The maximum atomic E-state index is 13.2. The average Bonchev–Trinajstić information content (AvgIpc) is 3.58. The Balaban J connectivity index is 1.47. The number of likely N-dealkylation sites (tertiary alicyclic amines) is 1. The van der Waals surface area contributed by atoms with Crippen molar-refractivity contribution in [2.24, 2.45) is 5.73 Å². The molecule has 4 heterocycles. The number of rotatable bonds is 4. The van der Waals surface area contributed by atoms with E-state index < -0.39 is 17.9 Å². The fourth-order valence-corrected chi connectivity index (χ4v) is 5.52. The van der Waals surface area contributed by atoms with Crippen molar-refractivity contribution in [1.82, 2.24) is 14.8 Å². The van der Waals surface area contributed by atoms with Crippen LogP contribution in [0.5, 0.6) is 0 Å². The van der Waals surface area contributed by atoms with Crippen LogP contribution < -0.4 is 11.1 Å². The number of hydrogen-bond donors (Lipinski definition) is 2. The molecule has 8 nitrogen and oxygen atoms in total. The molecule has 6 rings (SSSR count). The molecule has 8 heteroatoms. The summed E-state index contributed by atoms with van der Waals surface area (Å²) in [5.41, 5.74) is 9.33. The first-order valence-corrected chi connectivity index (χ1v) is 12.1. The highest BCUT2D eigenvalue weighted by Gasteiger charge is 2.36. The minimum atomic E-state index is -0.511. The lowest BCUT2D eigenvalue weighted by Gasteiger charge is -2.34. The van der Waals surface area contributed by atoms with E-state index in [9.17, 15) is 14.4 Å². The van der Waals surface area contributed by atoms with Crippen LogP contribution >= 0.6 is 0 Å². The molecular formula is C28H26N4O4. The number of aromatic nitrogens is 1. The topological polar surface area (TPSA) is 111 Å². The van der Waals surface area contributed by atoms with E-state index in [4.69, 9.17) is 10.2 Å². The molecule has 2 aliphatic heterocycles. The molecule has 182 valence electrons. The van der Waals surface area contributed by atoms with E-state index in [0.717, 1.165) is 29.1 Å². The summed E-state index contributed by atoms with van der Waals surface area (Å²) >= 11 is 0. The molecular weight excluding hydrogens is 456 g/mol. The molecule has 1 saturated heterocycles. The predicted octanol–water partition coefficient (Wildman–Crippen LogP) is 3.47. The van der Waals surface area contributed by atoms with Crippen molar-refractivity contribution >= 4 is 50.7 Å². The normalized spacial score (nSPS) is 17.9. The smallest absolute Gasteiger partial charge is 0.259 e. The monoisotopic (exact) mass is 482 g/mol. The van der Waals surface area contributed by atoms with Gasteiger partial charge in [0.1, 0.15) is 5.58 Å². The van der Waals surface area contributed by atoms with Gasteiger partial charge in [-0.1, -0.05) is 36.4 Å². The van der Waals surface area contributed by atoms with Gasteiger partial charge >= 0.3 is 0 Å². The van der Waals surface area contributed by atoms with Gasteiger partial charge < -0.3 is 19.6 Å². The lowest BCUT2D eigenvalue weighted by molar-refractivity contribution is -0.133. The Morgan fingerprint density at radius 3 is 2.47 bits per heavy atom. The molecule has 36 heavy (non-hydrogen) atoms. The number of imide groups is 1. The minimum Gasteiger partial charge on any atom is -0.464 e. The third kappa shape index (κ3) is 3.45. The molecule has 0 saturated carbocycles. The molecule has 2 aromatic carbocycles. The number of para-hydroxylation sites is 2. The fraction of sp³-hybridized carbons (Fsp3) is 0.250. The summed E-state index contributed by atoms with van der Waals surface area (Å²) in [6.45, 7) is 2.96. The van der Waals surface area contributed by atoms with Gasteiger partial charge in [-0.15, -0.1) is 0 Å². The van der Waals surface area contributed by atoms with Gasteiger partial charge in [0.25, 0.3) is 11.8 Å². The number of benzene rings is 2. The summed E-state index contributed by atoms with van der Waals surface area (Å²) in [7, 11) is 0. The predicted molar refractivity (Wildman–Crippen MR) is 137 cm³/mol. The molecule has 0 aliphatic carbocycles. The second kappa shape index (κ2) is 8.49. The number of nitrogens with two attached hydrogens (primary N) is 1. The number of carbonyl (C=O) groups excluding carboxylic acids is 3. The zero-order valence-electron chi connectivity index (χ0n) is 19.9. The highest BCUT2D eigenvalue weighted by Crippen LogP contribution is 2.40.